The molecule has 6 heteroatoms. The molecule has 0 bridgehead atoms. The van der Waals surface area contributed by atoms with Gasteiger partial charge in [-0.1, -0.05) is 18.2 Å². The number of benzene rings is 2. The van der Waals surface area contributed by atoms with Gasteiger partial charge in [-0.3, -0.25) is 9.59 Å². The van der Waals surface area contributed by atoms with Crippen LogP contribution < -0.4 is 10.1 Å². The molecule has 0 radical (unpaired) electrons. The summed E-state index contributed by atoms with van der Waals surface area (Å²) < 4.78 is 10.8. The Morgan fingerprint density at radius 3 is 2.58 bits per heavy atom. The quantitative estimate of drug-likeness (QED) is 0.896. The number of amides is 2. The number of anilines is 1. The van der Waals surface area contributed by atoms with Gasteiger partial charge in [0.05, 0.1) is 19.3 Å². The van der Waals surface area contributed by atoms with Crippen LogP contribution in [0.3, 0.4) is 0 Å². The topological polar surface area (TPSA) is 67.9 Å². The van der Waals surface area contributed by atoms with Gasteiger partial charge in [0, 0.05) is 17.8 Å². The first-order chi connectivity index (χ1) is 12.6. The van der Waals surface area contributed by atoms with Crippen LogP contribution in [0.4, 0.5) is 5.69 Å². The van der Waals surface area contributed by atoms with Gasteiger partial charge in [-0.25, -0.2) is 0 Å². The van der Waals surface area contributed by atoms with Crippen LogP contribution in [-0.4, -0.2) is 49.1 Å². The Labute approximate surface area is 152 Å². The lowest BCUT2D eigenvalue weighted by Crippen LogP contribution is -2.47. The Hall–Kier alpha value is -2.86. The first-order valence-electron chi connectivity index (χ1n) is 8.60. The van der Waals surface area contributed by atoms with E-state index in [1.54, 1.807) is 36.4 Å². The average molecular weight is 354 g/mol. The van der Waals surface area contributed by atoms with E-state index in [9.17, 15) is 9.59 Å². The van der Waals surface area contributed by atoms with Crippen molar-refractivity contribution in [1.82, 2.24) is 4.90 Å². The molecule has 0 aromatic heterocycles. The maximum atomic E-state index is 12.6. The van der Waals surface area contributed by atoms with Crippen molar-refractivity contribution < 1.29 is 19.1 Å². The molecule has 0 saturated carbocycles. The van der Waals surface area contributed by atoms with Gasteiger partial charge >= 0.3 is 0 Å². The molecular weight excluding hydrogens is 332 g/mol. The Bertz CT molecular complexity index is 746. The summed E-state index contributed by atoms with van der Waals surface area (Å²) in [6.07, 6.45) is 0. The lowest BCUT2D eigenvalue weighted by molar-refractivity contribution is -0.118. The summed E-state index contributed by atoms with van der Waals surface area (Å²) in [5.41, 5.74) is 1.22. The van der Waals surface area contributed by atoms with Crippen molar-refractivity contribution in [3.8, 4) is 5.75 Å². The van der Waals surface area contributed by atoms with Gasteiger partial charge in [-0.2, -0.15) is 0 Å². The summed E-state index contributed by atoms with van der Waals surface area (Å²) in [5, 5.41) is 2.76. The molecule has 1 aliphatic rings. The number of para-hydroxylation sites is 1. The third kappa shape index (κ3) is 4.61. The van der Waals surface area contributed by atoms with Gasteiger partial charge in [0.15, 0.2) is 6.61 Å². The van der Waals surface area contributed by atoms with Crippen molar-refractivity contribution in [1.29, 1.82) is 0 Å². The minimum atomic E-state index is -0.255. The SMILES string of the molecule is CC1COCCN1C(=O)c1ccc(NC(=O)COc2ccccc2)cc1. The summed E-state index contributed by atoms with van der Waals surface area (Å²) in [6.45, 7) is 3.61. The molecule has 2 aromatic rings. The third-order valence-corrected chi connectivity index (χ3v) is 4.16. The van der Waals surface area contributed by atoms with Crippen LogP contribution in [0.25, 0.3) is 0 Å². The van der Waals surface area contributed by atoms with E-state index in [4.69, 9.17) is 9.47 Å². The van der Waals surface area contributed by atoms with E-state index in [-0.39, 0.29) is 24.5 Å². The summed E-state index contributed by atoms with van der Waals surface area (Å²) in [6, 6.07) is 16.1. The summed E-state index contributed by atoms with van der Waals surface area (Å²) in [7, 11) is 0. The van der Waals surface area contributed by atoms with Crippen molar-refractivity contribution in [2.24, 2.45) is 0 Å². The van der Waals surface area contributed by atoms with E-state index in [1.165, 1.54) is 0 Å². The van der Waals surface area contributed by atoms with Crippen molar-refractivity contribution in [3.05, 3.63) is 60.2 Å². The molecule has 1 N–H and O–H groups in total. The van der Waals surface area contributed by atoms with Gasteiger partial charge in [-0.15, -0.1) is 0 Å². The highest BCUT2D eigenvalue weighted by Crippen LogP contribution is 2.15. The summed E-state index contributed by atoms with van der Waals surface area (Å²) >= 11 is 0. The minimum Gasteiger partial charge on any atom is -0.484 e. The van der Waals surface area contributed by atoms with E-state index < -0.39 is 0 Å². The van der Waals surface area contributed by atoms with E-state index in [2.05, 4.69) is 5.32 Å². The zero-order valence-electron chi connectivity index (χ0n) is 14.7. The number of carbonyl (C=O) groups is 2. The smallest absolute Gasteiger partial charge is 0.262 e. The number of ether oxygens (including phenoxy) is 2. The molecule has 3 rings (SSSR count). The maximum Gasteiger partial charge on any atom is 0.262 e. The Kier molecular flexibility index (Phi) is 5.86. The molecule has 1 fully saturated rings. The van der Waals surface area contributed by atoms with Crippen LogP contribution >= 0.6 is 0 Å². The van der Waals surface area contributed by atoms with Crippen LogP contribution in [0.1, 0.15) is 17.3 Å². The van der Waals surface area contributed by atoms with Gasteiger partial charge in [-0.05, 0) is 43.3 Å². The Morgan fingerprint density at radius 1 is 1.15 bits per heavy atom. The molecule has 6 nitrogen and oxygen atoms in total. The molecule has 1 heterocycles. The molecule has 0 spiro atoms. The molecule has 0 aliphatic carbocycles. The fourth-order valence-electron chi connectivity index (χ4n) is 2.75. The third-order valence-electron chi connectivity index (χ3n) is 4.16. The second-order valence-corrected chi connectivity index (χ2v) is 6.15. The van der Waals surface area contributed by atoms with E-state index >= 15 is 0 Å². The maximum absolute atomic E-state index is 12.6. The largest absolute Gasteiger partial charge is 0.484 e. The molecule has 1 atom stereocenters. The predicted molar refractivity (Wildman–Crippen MR) is 98.3 cm³/mol. The van der Waals surface area contributed by atoms with E-state index in [0.717, 1.165) is 0 Å². The number of morpholine rings is 1. The van der Waals surface area contributed by atoms with E-state index in [1.807, 2.05) is 30.0 Å². The van der Waals surface area contributed by atoms with Crippen LogP contribution in [0.2, 0.25) is 0 Å². The van der Waals surface area contributed by atoms with Crippen molar-refractivity contribution in [2.75, 3.05) is 31.7 Å². The fourth-order valence-corrected chi connectivity index (χ4v) is 2.75. The number of nitrogens with zero attached hydrogens (tertiary/aromatic N) is 1. The van der Waals surface area contributed by atoms with Crippen LogP contribution in [0.5, 0.6) is 5.75 Å². The zero-order chi connectivity index (χ0) is 18.4. The second-order valence-electron chi connectivity index (χ2n) is 6.15. The fraction of sp³-hybridized carbons (Fsp3) is 0.300. The molecule has 1 unspecified atom stereocenters. The van der Waals surface area contributed by atoms with Gasteiger partial charge in [0.25, 0.3) is 11.8 Å². The van der Waals surface area contributed by atoms with Gasteiger partial charge in [0.2, 0.25) is 0 Å². The number of rotatable bonds is 5. The predicted octanol–water partition coefficient (Wildman–Crippen LogP) is 2.57. The molecule has 1 aliphatic heterocycles. The molecule has 2 aromatic carbocycles. The summed E-state index contributed by atoms with van der Waals surface area (Å²) in [4.78, 5) is 26.3. The lowest BCUT2D eigenvalue weighted by atomic mass is 10.1. The lowest BCUT2D eigenvalue weighted by Gasteiger charge is -2.33. The van der Waals surface area contributed by atoms with Gasteiger partial charge in [0.1, 0.15) is 5.75 Å². The molecule has 1 saturated heterocycles. The normalized spacial score (nSPS) is 16.8. The number of nitrogens with one attached hydrogen (secondary N) is 1. The van der Waals surface area contributed by atoms with E-state index in [0.29, 0.717) is 36.8 Å². The monoisotopic (exact) mass is 354 g/mol. The number of hydrogen-bond donors (Lipinski definition) is 1. The molecule has 136 valence electrons. The van der Waals surface area contributed by atoms with Crippen molar-refractivity contribution >= 4 is 17.5 Å². The highest BCUT2D eigenvalue weighted by molar-refractivity contribution is 5.96. The van der Waals surface area contributed by atoms with Crippen LogP contribution in [0, 0.1) is 0 Å². The highest BCUT2D eigenvalue weighted by Gasteiger charge is 2.24. The Morgan fingerprint density at radius 2 is 1.88 bits per heavy atom. The second kappa shape index (κ2) is 8.49. The van der Waals surface area contributed by atoms with Crippen LogP contribution in [0.15, 0.2) is 54.6 Å². The standard InChI is InChI=1S/C20H22N2O4/c1-15-13-25-12-11-22(15)20(24)16-7-9-17(10-8-16)21-19(23)14-26-18-5-3-2-4-6-18/h2-10,15H,11-14H2,1H3,(H,21,23). The molecule has 26 heavy (non-hydrogen) atoms. The summed E-state index contributed by atoms with van der Waals surface area (Å²) in [5.74, 6) is 0.365. The van der Waals surface area contributed by atoms with Gasteiger partial charge < -0.3 is 19.7 Å². The zero-order valence-corrected chi connectivity index (χ0v) is 14.7. The van der Waals surface area contributed by atoms with Crippen molar-refractivity contribution in [2.45, 2.75) is 13.0 Å². The number of carbonyl (C=O) groups excluding carboxylic acids is 2. The number of hydrogen-bond acceptors (Lipinski definition) is 4. The average Bonchev–Trinajstić information content (AvgIpc) is 2.68. The Balaban J connectivity index is 1.53. The first kappa shape index (κ1) is 17.9. The first-order valence-corrected chi connectivity index (χ1v) is 8.60. The highest BCUT2D eigenvalue weighted by atomic mass is 16.5. The van der Waals surface area contributed by atoms with Crippen LogP contribution in [-0.2, 0) is 9.53 Å². The van der Waals surface area contributed by atoms with Crippen molar-refractivity contribution in [3.63, 3.8) is 0 Å². The molecule has 2 amide bonds. The molecular formula is C20H22N2O4. The minimum absolute atomic E-state index is 0.0221.